The van der Waals surface area contributed by atoms with Gasteiger partial charge in [-0.2, -0.15) is 4.31 Å². The third-order valence-corrected chi connectivity index (χ3v) is 7.38. The third-order valence-electron chi connectivity index (χ3n) is 4.40. The average molecular weight is 394 g/mol. The molecular formula is C15H24ClN3O3S2. The van der Waals surface area contributed by atoms with Gasteiger partial charge >= 0.3 is 0 Å². The molecule has 0 spiro atoms. The number of piperidine rings is 2. The lowest BCUT2D eigenvalue weighted by Gasteiger charge is -2.26. The zero-order valence-corrected chi connectivity index (χ0v) is 15.9. The van der Waals surface area contributed by atoms with Crippen molar-refractivity contribution >= 4 is 39.7 Å². The van der Waals surface area contributed by atoms with Crippen molar-refractivity contribution in [3.05, 3.63) is 16.3 Å². The quantitative estimate of drug-likeness (QED) is 0.817. The highest BCUT2D eigenvalue weighted by Gasteiger charge is 2.31. The zero-order chi connectivity index (χ0) is 16.3. The number of nitrogens with one attached hydrogen (secondary N) is 2. The predicted octanol–water partition coefficient (Wildman–Crippen LogP) is 1.83. The number of hydrogen-bond donors (Lipinski definition) is 2. The minimum Gasteiger partial charge on any atom is -0.347 e. The van der Waals surface area contributed by atoms with Crippen molar-refractivity contribution in [3.8, 4) is 0 Å². The summed E-state index contributed by atoms with van der Waals surface area (Å²) in [6.07, 6.45) is 4.79. The molecule has 0 radical (unpaired) electrons. The number of halogens is 1. The summed E-state index contributed by atoms with van der Waals surface area (Å²) >= 11 is 1.20. The van der Waals surface area contributed by atoms with E-state index in [-0.39, 0.29) is 29.3 Å². The lowest BCUT2D eigenvalue weighted by Crippen LogP contribution is -2.45. The van der Waals surface area contributed by atoms with Crippen molar-refractivity contribution in [1.29, 1.82) is 0 Å². The van der Waals surface area contributed by atoms with Gasteiger partial charge in [0.25, 0.3) is 5.91 Å². The monoisotopic (exact) mass is 393 g/mol. The van der Waals surface area contributed by atoms with Crippen LogP contribution in [-0.2, 0) is 10.0 Å². The molecule has 2 aliphatic heterocycles. The standard InChI is InChI=1S/C15H23N3O3S2.ClH/c19-15(17-12-5-4-7-16-11-12)14-13(6-10-22-14)23(20,21)18-8-2-1-3-9-18;/h6,10,12,16H,1-5,7-9,11H2,(H,17,19);1H/t12-;/m0./s1. The van der Waals surface area contributed by atoms with Crippen LogP contribution in [-0.4, -0.2) is 50.9 Å². The van der Waals surface area contributed by atoms with Gasteiger partial charge in [0.05, 0.1) is 0 Å². The molecule has 0 bridgehead atoms. The van der Waals surface area contributed by atoms with Crippen molar-refractivity contribution in [2.45, 2.75) is 43.0 Å². The Morgan fingerprint density at radius 3 is 2.67 bits per heavy atom. The number of rotatable bonds is 4. The van der Waals surface area contributed by atoms with E-state index in [9.17, 15) is 13.2 Å². The Labute approximate surface area is 153 Å². The molecular weight excluding hydrogens is 370 g/mol. The summed E-state index contributed by atoms with van der Waals surface area (Å²) in [4.78, 5) is 13.0. The normalized spacial score (nSPS) is 22.6. The van der Waals surface area contributed by atoms with E-state index in [0.29, 0.717) is 18.0 Å². The summed E-state index contributed by atoms with van der Waals surface area (Å²) < 4.78 is 27.1. The van der Waals surface area contributed by atoms with Crippen molar-refractivity contribution in [2.24, 2.45) is 0 Å². The molecule has 2 aliphatic rings. The van der Waals surface area contributed by atoms with Gasteiger partial charge in [0.15, 0.2) is 0 Å². The van der Waals surface area contributed by atoms with E-state index in [1.54, 1.807) is 11.4 Å². The first kappa shape index (κ1) is 19.7. The minimum atomic E-state index is -3.57. The Balaban J connectivity index is 0.00000208. The fraction of sp³-hybridized carbons (Fsp3) is 0.667. The van der Waals surface area contributed by atoms with Crippen molar-refractivity contribution in [1.82, 2.24) is 14.9 Å². The van der Waals surface area contributed by atoms with Gasteiger partial charge in [-0.1, -0.05) is 6.42 Å². The van der Waals surface area contributed by atoms with Crippen molar-refractivity contribution in [2.75, 3.05) is 26.2 Å². The predicted molar refractivity (Wildman–Crippen MR) is 97.5 cm³/mol. The molecule has 3 heterocycles. The SMILES string of the molecule is Cl.O=C(N[C@H]1CCCNC1)c1sccc1S(=O)(=O)N1CCCCC1. The summed E-state index contributed by atoms with van der Waals surface area (Å²) in [5.74, 6) is -0.274. The molecule has 24 heavy (non-hydrogen) atoms. The molecule has 136 valence electrons. The molecule has 2 N–H and O–H groups in total. The van der Waals surface area contributed by atoms with Gasteiger partial charge in [0.1, 0.15) is 9.77 Å². The first-order valence-corrected chi connectivity index (χ1v) is 10.5. The topological polar surface area (TPSA) is 78.5 Å². The molecule has 0 aliphatic carbocycles. The van der Waals surface area contributed by atoms with E-state index in [2.05, 4.69) is 10.6 Å². The molecule has 1 aromatic rings. The number of hydrogen-bond acceptors (Lipinski definition) is 5. The van der Waals surface area contributed by atoms with Gasteiger partial charge in [0, 0.05) is 25.7 Å². The number of thiophene rings is 1. The van der Waals surface area contributed by atoms with Crippen LogP contribution >= 0.6 is 23.7 Å². The van der Waals surface area contributed by atoms with Crippen LogP contribution in [0.2, 0.25) is 0 Å². The molecule has 9 heteroatoms. The molecule has 1 aromatic heterocycles. The Morgan fingerprint density at radius 1 is 1.25 bits per heavy atom. The van der Waals surface area contributed by atoms with Gasteiger partial charge < -0.3 is 10.6 Å². The number of nitrogens with zero attached hydrogens (tertiary/aromatic N) is 1. The molecule has 2 fully saturated rings. The summed E-state index contributed by atoms with van der Waals surface area (Å²) in [5, 5.41) is 7.89. The lowest BCUT2D eigenvalue weighted by atomic mass is 10.1. The molecule has 3 rings (SSSR count). The Kier molecular flexibility index (Phi) is 7.06. The highest BCUT2D eigenvalue weighted by Crippen LogP contribution is 2.27. The first-order valence-electron chi connectivity index (χ1n) is 8.18. The molecule has 6 nitrogen and oxygen atoms in total. The lowest BCUT2D eigenvalue weighted by molar-refractivity contribution is 0.0931. The Bertz CT molecular complexity index is 651. The second-order valence-corrected chi connectivity index (χ2v) is 8.92. The van der Waals surface area contributed by atoms with Gasteiger partial charge in [-0.25, -0.2) is 8.42 Å². The maximum atomic E-state index is 12.8. The van der Waals surface area contributed by atoms with Crippen LogP contribution in [0.1, 0.15) is 41.8 Å². The van der Waals surface area contributed by atoms with Crippen LogP contribution < -0.4 is 10.6 Å². The van der Waals surface area contributed by atoms with Gasteiger partial charge in [0.2, 0.25) is 10.0 Å². The van der Waals surface area contributed by atoms with Crippen LogP contribution in [0, 0.1) is 0 Å². The van der Waals surface area contributed by atoms with Gasteiger partial charge in [-0.05, 0) is 43.7 Å². The summed E-state index contributed by atoms with van der Waals surface area (Å²) in [7, 11) is -3.57. The van der Waals surface area contributed by atoms with E-state index >= 15 is 0 Å². The fourth-order valence-corrected chi connectivity index (χ4v) is 5.96. The van der Waals surface area contributed by atoms with E-state index < -0.39 is 10.0 Å². The Morgan fingerprint density at radius 2 is 2.00 bits per heavy atom. The number of sulfonamides is 1. The van der Waals surface area contributed by atoms with E-state index in [1.807, 2.05) is 0 Å². The molecule has 1 atom stereocenters. The van der Waals surface area contributed by atoms with Crippen LogP contribution in [0.5, 0.6) is 0 Å². The van der Waals surface area contributed by atoms with Crippen LogP contribution in [0.15, 0.2) is 16.3 Å². The van der Waals surface area contributed by atoms with Gasteiger partial charge in [-0.3, -0.25) is 4.79 Å². The van der Waals surface area contributed by atoms with Crippen molar-refractivity contribution in [3.63, 3.8) is 0 Å². The minimum absolute atomic E-state index is 0. The second-order valence-electron chi connectivity index (χ2n) is 6.10. The molecule has 0 aromatic carbocycles. The molecule has 0 unspecified atom stereocenters. The zero-order valence-electron chi connectivity index (χ0n) is 13.5. The average Bonchev–Trinajstić information content (AvgIpc) is 3.07. The molecule has 0 saturated carbocycles. The smallest absolute Gasteiger partial charge is 0.263 e. The third kappa shape index (κ3) is 4.29. The van der Waals surface area contributed by atoms with Crippen LogP contribution in [0.3, 0.4) is 0 Å². The summed E-state index contributed by atoms with van der Waals surface area (Å²) in [6, 6.07) is 1.63. The maximum Gasteiger partial charge on any atom is 0.263 e. The van der Waals surface area contributed by atoms with E-state index in [4.69, 9.17) is 0 Å². The maximum absolute atomic E-state index is 12.8. The highest BCUT2D eigenvalue weighted by atomic mass is 35.5. The number of amides is 1. The Hall–Kier alpha value is -0.670. The fourth-order valence-electron chi connectivity index (χ4n) is 3.14. The van der Waals surface area contributed by atoms with Crippen molar-refractivity contribution < 1.29 is 13.2 Å². The van der Waals surface area contributed by atoms with E-state index in [0.717, 1.165) is 45.2 Å². The van der Waals surface area contributed by atoms with Gasteiger partial charge in [-0.15, -0.1) is 23.7 Å². The first-order chi connectivity index (χ1) is 11.1. The summed E-state index contributed by atoms with van der Waals surface area (Å²) in [6.45, 7) is 2.81. The molecule has 1 amide bonds. The van der Waals surface area contributed by atoms with Crippen LogP contribution in [0.25, 0.3) is 0 Å². The number of carbonyl (C=O) groups excluding carboxylic acids is 1. The molecule has 2 saturated heterocycles. The second kappa shape index (κ2) is 8.62. The number of carbonyl (C=O) groups is 1. The highest BCUT2D eigenvalue weighted by molar-refractivity contribution is 7.89. The summed E-state index contributed by atoms with van der Waals surface area (Å²) in [5.41, 5.74) is 0. The van der Waals surface area contributed by atoms with Crippen LogP contribution in [0.4, 0.5) is 0 Å². The largest absolute Gasteiger partial charge is 0.347 e. The van der Waals surface area contributed by atoms with E-state index in [1.165, 1.54) is 15.6 Å².